The fourth-order valence-corrected chi connectivity index (χ4v) is 5.40. The summed E-state index contributed by atoms with van der Waals surface area (Å²) in [7, 11) is 0. The number of nitrogens with zero attached hydrogens (tertiary/aromatic N) is 2. The highest BCUT2D eigenvalue weighted by molar-refractivity contribution is 5.27. The maximum Gasteiger partial charge on any atom is 0.119 e. The van der Waals surface area contributed by atoms with E-state index in [2.05, 4.69) is 41.0 Å². The van der Waals surface area contributed by atoms with Crippen LogP contribution < -0.4 is 4.74 Å². The average Bonchev–Trinajstić information content (AvgIpc) is 3.23. The summed E-state index contributed by atoms with van der Waals surface area (Å²) >= 11 is 0. The van der Waals surface area contributed by atoms with Crippen LogP contribution in [0, 0.1) is 17.8 Å². The number of ether oxygens (including phenoxy) is 2. The highest BCUT2D eigenvalue weighted by Crippen LogP contribution is 2.52. The van der Waals surface area contributed by atoms with Crippen molar-refractivity contribution in [3.05, 3.63) is 29.8 Å². The number of unbranched alkanes of at least 4 members (excludes halogenated alkanes) is 2. The molecule has 4 nitrogen and oxygen atoms in total. The molecule has 3 aliphatic rings. The third-order valence-corrected chi connectivity index (χ3v) is 7.32. The van der Waals surface area contributed by atoms with Crippen LogP contribution in [0.15, 0.2) is 24.3 Å². The molecule has 1 aromatic rings. The van der Waals surface area contributed by atoms with Gasteiger partial charge in [0.15, 0.2) is 0 Å². The molecule has 0 N–H and O–H groups in total. The van der Waals surface area contributed by atoms with Crippen molar-refractivity contribution in [2.75, 3.05) is 52.5 Å². The van der Waals surface area contributed by atoms with Crippen molar-refractivity contribution in [2.24, 2.45) is 17.8 Å². The summed E-state index contributed by atoms with van der Waals surface area (Å²) in [5.41, 5.74) is 1.41. The van der Waals surface area contributed by atoms with Gasteiger partial charge in [0, 0.05) is 32.8 Å². The summed E-state index contributed by atoms with van der Waals surface area (Å²) in [6.45, 7) is 12.4. The van der Waals surface area contributed by atoms with Crippen LogP contribution in [0.3, 0.4) is 0 Å². The third kappa shape index (κ3) is 6.45. The van der Waals surface area contributed by atoms with Gasteiger partial charge in [-0.2, -0.15) is 0 Å². The van der Waals surface area contributed by atoms with Crippen molar-refractivity contribution in [3.8, 4) is 5.75 Å². The lowest BCUT2D eigenvalue weighted by Crippen LogP contribution is -2.31. The molecular formula is C26H42N2O2. The zero-order valence-corrected chi connectivity index (χ0v) is 19.1. The van der Waals surface area contributed by atoms with E-state index < -0.39 is 0 Å². The first-order valence-corrected chi connectivity index (χ1v) is 12.6. The smallest absolute Gasteiger partial charge is 0.119 e. The Morgan fingerprint density at radius 3 is 2.37 bits per heavy atom. The second kappa shape index (κ2) is 11.5. The lowest BCUT2D eigenvalue weighted by Gasteiger charge is -2.26. The molecule has 1 saturated carbocycles. The molecule has 30 heavy (non-hydrogen) atoms. The molecule has 3 fully saturated rings. The Hall–Kier alpha value is -1.10. The minimum Gasteiger partial charge on any atom is -0.494 e. The van der Waals surface area contributed by atoms with Gasteiger partial charge in [-0.05, 0) is 74.2 Å². The van der Waals surface area contributed by atoms with Crippen molar-refractivity contribution in [1.82, 2.24) is 9.80 Å². The van der Waals surface area contributed by atoms with Crippen molar-refractivity contribution in [3.63, 3.8) is 0 Å². The van der Waals surface area contributed by atoms with E-state index in [-0.39, 0.29) is 0 Å². The number of benzene rings is 1. The van der Waals surface area contributed by atoms with Gasteiger partial charge in [-0.15, -0.1) is 0 Å². The Morgan fingerprint density at radius 1 is 0.867 bits per heavy atom. The molecule has 4 heteroatoms. The van der Waals surface area contributed by atoms with Gasteiger partial charge in [0.25, 0.3) is 0 Å². The summed E-state index contributed by atoms with van der Waals surface area (Å²) < 4.78 is 11.9. The highest BCUT2D eigenvalue weighted by Gasteiger charge is 2.55. The van der Waals surface area contributed by atoms with Gasteiger partial charge in [-0.1, -0.05) is 38.3 Å². The predicted octanol–water partition coefficient (Wildman–Crippen LogP) is 4.83. The molecule has 4 rings (SSSR count). The maximum atomic E-state index is 6.04. The standard InChI is InChI=1S/C26H42N2O2/c1-2-3-7-17-30-23-11-9-22(10-12-23)18-28-19-24-25(20-28)26(24)21-29-16-8-15-27-13-5-4-6-14-27/h9-12,24-26H,2-8,13-21H2,1H3/t24-,25+,26+. The molecule has 3 atom stereocenters. The second-order valence-electron chi connectivity index (χ2n) is 9.72. The largest absolute Gasteiger partial charge is 0.494 e. The molecule has 2 aliphatic heterocycles. The van der Waals surface area contributed by atoms with Gasteiger partial charge in [-0.25, -0.2) is 0 Å². The van der Waals surface area contributed by atoms with E-state index in [0.717, 1.165) is 56.3 Å². The van der Waals surface area contributed by atoms with E-state index in [1.807, 2.05) is 0 Å². The maximum absolute atomic E-state index is 6.04. The highest BCUT2D eigenvalue weighted by atomic mass is 16.5. The number of rotatable bonds is 13. The first kappa shape index (κ1) is 22.1. The number of hydrogen-bond acceptors (Lipinski definition) is 4. The lowest BCUT2D eigenvalue weighted by atomic mass is 10.1. The summed E-state index contributed by atoms with van der Waals surface area (Å²) in [4.78, 5) is 5.24. The Labute approximate surface area is 183 Å². The van der Waals surface area contributed by atoms with Crippen molar-refractivity contribution >= 4 is 0 Å². The summed E-state index contributed by atoms with van der Waals surface area (Å²) in [6, 6.07) is 8.75. The van der Waals surface area contributed by atoms with E-state index in [9.17, 15) is 0 Å². The quantitative estimate of drug-likeness (QED) is 0.432. The topological polar surface area (TPSA) is 24.9 Å². The Kier molecular flexibility index (Phi) is 8.47. The van der Waals surface area contributed by atoms with Crippen LogP contribution in [0.1, 0.15) is 57.4 Å². The van der Waals surface area contributed by atoms with Gasteiger partial charge in [0.1, 0.15) is 5.75 Å². The molecule has 0 spiro atoms. The van der Waals surface area contributed by atoms with Crippen molar-refractivity contribution in [1.29, 1.82) is 0 Å². The van der Waals surface area contributed by atoms with Crippen molar-refractivity contribution in [2.45, 2.75) is 58.4 Å². The van der Waals surface area contributed by atoms with Crippen LogP contribution in [0.5, 0.6) is 5.75 Å². The number of hydrogen-bond donors (Lipinski definition) is 0. The zero-order valence-electron chi connectivity index (χ0n) is 19.1. The normalized spacial score (nSPS) is 26.6. The van der Waals surface area contributed by atoms with E-state index >= 15 is 0 Å². The molecule has 0 amide bonds. The third-order valence-electron chi connectivity index (χ3n) is 7.32. The second-order valence-corrected chi connectivity index (χ2v) is 9.72. The molecule has 2 saturated heterocycles. The Balaban J connectivity index is 1.05. The zero-order chi connectivity index (χ0) is 20.6. The molecule has 2 heterocycles. The van der Waals surface area contributed by atoms with Crippen molar-refractivity contribution < 1.29 is 9.47 Å². The Morgan fingerprint density at radius 2 is 1.63 bits per heavy atom. The Bertz CT molecular complexity index is 602. The molecule has 1 aliphatic carbocycles. The van der Waals surface area contributed by atoms with E-state index in [1.165, 1.54) is 76.8 Å². The number of fused-ring (bicyclic) bond motifs is 1. The predicted molar refractivity (Wildman–Crippen MR) is 123 cm³/mol. The molecule has 1 aromatic carbocycles. The minimum atomic E-state index is 0.829. The lowest BCUT2D eigenvalue weighted by molar-refractivity contribution is 0.0967. The van der Waals surface area contributed by atoms with Gasteiger partial charge < -0.3 is 14.4 Å². The monoisotopic (exact) mass is 414 g/mol. The van der Waals surface area contributed by atoms with Crippen LogP contribution in [0.4, 0.5) is 0 Å². The average molecular weight is 415 g/mol. The molecular weight excluding hydrogens is 372 g/mol. The fourth-order valence-electron chi connectivity index (χ4n) is 5.40. The summed E-state index contributed by atoms with van der Waals surface area (Å²) in [6.07, 6.45) is 9.04. The van der Waals surface area contributed by atoms with Crippen LogP contribution in [-0.2, 0) is 11.3 Å². The molecule has 168 valence electrons. The van der Waals surface area contributed by atoms with Crippen LogP contribution in [0.2, 0.25) is 0 Å². The van der Waals surface area contributed by atoms with Gasteiger partial charge in [0.05, 0.1) is 13.2 Å². The van der Waals surface area contributed by atoms with Crippen LogP contribution >= 0.6 is 0 Å². The van der Waals surface area contributed by atoms with Gasteiger partial charge in [0.2, 0.25) is 0 Å². The minimum absolute atomic E-state index is 0.829. The fraction of sp³-hybridized carbons (Fsp3) is 0.769. The summed E-state index contributed by atoms with van der Waals surface area (Å²) in [5, 5.41) is 0. The molecule has 0 radical (unpaired) electrons. The van der Waals surface area contributed by atoms with Gasteiger partial charge in [-0.3, -0.25) is 4.90 Å². The first-order chi connectivity index (χ1) is 14.8. The first-order valence-electron chi connectivity index (χ1n) is 12.6. The summed E-state index contributed by atoms with van der Waals surface area (Å²) in [5.74, 6) is 3.60. The van der Waals surface area contributed by atoms with E-state index in [0.29, 0.717) is 0 Å². The molecule has 0 aromatic heterocycles. The SMILES string of the molecule is CCCCCOc1ccc(CN2C[C@@H]3[C@@H](COCCCN4CCCCC4)[C@@H]3C2)cc1. The molecule has 0 bridgehead atoms. The van der Waals surface area contributed by atoms with Gasteiger partial charge >= 0.3 is 0 Å². The van der Waals surface area contributed by atoms with E-state index in [1.54, 1.807) is 0 Å². The van der Waals surface area contributed by atoms with Crippen LogP contribution in [0.25, 0.3) is 0 Å². The van der Waals surface area contributed by atoms with Crippen LogP contribution in [-0.4, -0.2) is 62.3 Å². The number of piperidine rings is 2. The molecule has 0 unspecified atom stereocenters. The number of likely N-dealkylation sites (tertiary alicyclic amines) is 2. The van der Waals surface area contributed by atoms with E-state index in [4.69, 9.17) is 9.47 Å².